The van der Waals surface area contributed by atoms with E-state index in [0.717, 1.165) is 0 Å². The number of H-pyrrole nitrogens is 1. The van der Waals surface area contributed by atoms with E-state index in [0.29, 0.717) is 15.6 Å². The van der Waals surface area contributed by atoms with Gasteiger partial charge in [-0.05, 0) is 36.4 Å². The average Bonchev–Trinajstić information content (AvgIpc) is 2.82. The second kappa shape index (κ2) is 6.06. The molecule has 0 atom stereocenters. The van der Waals surface area contributed by atoms with Gasteiger partial charge in [-0.25, -0.2) is 0 Å². The number of azo groups is 1. The smallest absolute Gasteiger partial charge is 0.294 e. The molecule has 0 saturated heterocycles. The molecular formula is C14H9Cl2N3O4S. The molecule has 7 nitrogen and oxygen atoms in total. The normalized spacial score (nSPS) is 12.3. The number of nitrogens with one attached hydrogen (secondary N) is 1. The largest absolute Gasteiger partial charge is 0.493 e. The molecule has 0 bridgehead atoms. The van der Waals surface area contributed by atoms with E-state index >= 15 is 0 Å². The van der Waals surface area contributed by atoms with Crippen molar-refractivity contribution in [1.29, 1.82) is 0 Å². The van der Waals surface area contributed by atoms with Gasteiger partial charge in [0.05, 0.1) is 15.4 Å². The Hall–Kier alpha value is -2.13. The van der Waals surface area contributed by atoms with Gasteiger partial charge in [0, 0.05) is 10.4 Å². The summed E-state index contributed by atoms with van der Waals surface area (Å²) in [5, 5.41) is 18.8. The van der Waals surface area contributed by atoms with Crippen LogP contribution >= 0.6 is 23.2 Å². The lowest BCUT2D eigenvalue weighted by Crippen LogP contribution is -1.96. The highest BCUT2D eigenvalue weighted by Crippen LogP contribution is 2.38. The van der Waals surface area contributed by atoms with Crippen molar-refractivity contribution in [3.63, 3.8) is 0 Å². The number of aromatic hydroxyl groups is 1. The molecule has 0 aliphatic heterocycles. The van der Waals surface area contributed by atoms with Crippen molar-refractivity contribution in [2.24, 2.45) is 10.2 Å². The maximum Gasteiger partial charge on any atom is 0.294 e. The predicted molar refractivity (Wildman–Crippen MR) is 90.4 cm³/mol. The van der Waals surface area contributed by atoms with Crippen molar-refractivity contribution < 1.29 is 18.1 Å². The molecule has 1 heterocycles. The molecule has 24 heavy (non-hydrogen) atoms. The second-order valence-corrected chi connectivity index (χ2v) is 7.07. The van der Waals surface area contributed by atoms with Gasteiger partial charge in [0.1, 0.15) is 5.69 Å². The maximum absolute atomic E-state index is 11.3. The van der Waals surface area contributed by atoms with Gasteiger partial charge in [0.15, 0.2) is 5.69 Å². The molecule has 0 unspecified atom stereocenters. The van der Waals surface area contributed by atoms with Crippen molar-refractivity contribution in [1.82, 2.24) is 4.98 Å². The van der Waals surface area contributed by atoms with Gasteiger partial charge in [-0.15, -0.1) is 10.2 Å². The van der Waals surface area contributed by atoms with Crippen LogP contribution in [0.5, 0.6) is 5.88 Å². The van der Waals surface area contributed by atoms with Crippen LogP contribution in [0.2, 0.25) is 10.0 Å². The number of rotatable bonds is 3. The first-order chi connectivity index (χ1) is 11.3. The van der Waals surface area contributed by atoms with E-state index < -0.39 is 10.1 Å². The first kappa shape index (κ1) is 16.7. The van der Waals surface area contributed by atoms with E-state index in [1.165, 1.54) is 24.3 Å². The van der Waals surface area contributed by atoms with Gasteiger partial charge in [-0.3, -0.25) is 4.55 Å². The molecule has 0 spiro atoms. The number of aromatic nitrogens is 1. The molecule has 3 N–H and O–H groups in total. The monoisotopic (exact) mass is 385 g/mol. The summed E-state index contributed by atoms with van der Waals surface area (Å²) >= 11 is 11.8. The summed E-state index contributed by atoms with van der Waals surface area (Å²) in [6.07, 6.45) is 0. The molecule has 124 valence electrons. The van der Waals surface area contributed by atoms with Gasteiger partial charge in [-0.2, -0.15) is 8.42 Å². The zero-order valence-electron chi connectivity index (χ0n) is 11.7. The Kier molecular flexibility index (Phi) is 4.22. The lowest BCUT2D eigenvalue weighted by Gasteiger charge is -1.99. The van der Waals surface area contributed by atoms with Crippen molar-refractivity contribution >= 4 is 55.6 Å². The highest BCUT2D eigenvalue weighted by atomic mass is 35.5. The Morgan fingerprint density at radius 2 is 1.79 bits per heavy atom. The van der Waals surface area contributed by atoms with E-state index in [2.05, 4.69) is 15.2 Å². The van der Waals surface area contributed by atoms with E-state index in [-0.39, 0.29) is 27.5 Å². The number of aromatic amines is 1. The SMILES string of the molecule is O=S(=O)(O)c1ccc2[nH]c(O)c(N=Nc3cc(Cl)ccc3Cl)c2c1. The van der Waals surface area contributed by atoms with Crippen molar-refractivity contribution in [2.45, 2.75) is 4.90 Å². The van der Waals surface area contributed by atoms with Gasteiger partial charge in [0.25, 0.3) is 10.1 Å². The van der Waals surface area contributed by atoms with E-state index in [1.54, 1.807) is 12.1 Å². The maximum atomic E-state index is 11.3. The van der Waals surface area contributed by atoms with Crippen LogP contribution in [-0.4, -0.2) is 23.1 Å². The Labute approximate surface area is 146 Å². The lowest BCUT2D eigenvalue weighted by molar-refractivity contribution is 0.459. The molecule has 0 amide bonds. The molecule has 3 aromatic rings. The molecule has 0 aliphatic rings. The fourth-order valence-electron chi connectivity index (χ4n) is 2.07. The van der Waals surface area contributed by atoms with Crippen molar-refractivity contribution in [2.75, 3.05) is 0 Å². The average molecular weight is 386 g/mol. The number of fused-ring (bicyclic) bond motifs is 1. The van der Waals surface area contributed by atoms with Crippen LogP contribution in [0.1, 0.15) is 0 Å². The minimum atomic E-state index is -4.39. The molecule has 0 saturated carbocycles. The summed E-state index contributed by atoms with van der Waals surface area (Å²) < 4.78 is 31.6. The van der Waals surface area contributed by atoms with Gasteiger partial charge in [0.2, 0.25) is 5.88 Å². The Morgan fingerprint density at radius 1 is 1.04 bits per heavy atom. The molecule has 0 radical (unpaired) electrons. The van der Waals surface area contributed by atoms with Crippen LogP contribution in [0, 0.1) is 0 Å². The van der Waals surface area contributed by atoms with Crippen LogP contribution in [0.4, 0.5) is 11.4 Å². The molecule has 1 aromatic heterocycles. The van der Waals surface area contributed by atoms with E-state index in [4.69, 9.17) is 27.8 Å². The third-order valence-corrected chi connectivity index (χ3v) is 4.59. The predicted octanol–water partition coefficient (Wildman–Crippen LogP) is 4.84. The molecule has 0 aliphatic carbocycles. The number of hydrogen-bond acceptors (Lipinski definition) is 5. The van der Waals surface area contributed by atoms with Crippen LogP contribution in [0.3, 0.4) is 0 Å². The highest BCUT2D eigenvalue weighted by molar-refractivity contribution is 7.85. The summed E-state index contributed by atoms with van der Waals surface area (Å²) in [6, 6.07) is 8.39. The summed E-state index contributed by atoms with van der Waals surface area (Å²) in [5.74, 6) is -0.306. The molecule has 2 aromatic carbocycles. The van der Waals surface area contributed by atoms with E-state index in [1.807, 2.05) is 0 Å². The van der Waals surface area contributed by atoms with Gasteiger partial charge >= 0.3 is 0 Å². The summed E-state index contributed by atoms with van der Waals surface area (Å²) in [4.78, 5) is 2.31. The first-order valence-electron chi connectivity index (χ1n) is 6.44. The summed E-state index contributed by atoms with van der Waals surface area (Å²) in [6.45, 7) is 0. The molecule has 3 rings (SSSR count). The van der Waals surface area contributed by atoms with Gasteiger partial charge < -0.3 is 10.1 Å². The number of hydrogen-bond donors (Lipinski definition) is 3. The van der Waals surface area contributed by atoms with E-state index in [9.17, 15) is 13.5 Å². The zero-order valence-corrected chi connectivity index (χ0v) is 14.1. The number of nitrogens with zero attached hydrogens (tertiary/aromatic N) is 2. The summed E-state index contributed by atoms with van der Waals surface area (Å²) in [5.41, 5.74) is 0.710. The third-order valence-electron chi connectivity index (χ3n) is 3.19. The summed E-state index contributed by atoms with van der Waals surface area (Å²) in [7, 11) is -4.39. The fourth-order valence-corrected chi connectivity index (χ4v) is 2.90. The molecular weight excluding hydrogens is 377 g/mol. The number of benzene rings is 2. The topological polar surface area (TPSA) is 115 Å². The minimum Gasteiger partial charge on any atom is -0.493 e. The van der Waals surface area contributed by atoms with Crippen LogP contribution in [0.15, 0.2) is 51.5 Å². The Balaban J connectivity index is 2.13. The first-order valence-corrected chi connectivity index (χ1v) is 8.64. The lowest BCUT2D eigenvalue weighted by atomic mass is 10.2. The Bertz CT molecular complexity index is 1080. The van der Waals surface area contributed by atoms with Crippen LogP contribution < -0.4 is 0 Å². The Morgan fingerprint density at radius 3 is 2.50 bits per heavy atom. The van der Waals surface area contributed by atoms with Crippen molar-refractivity contribution in [3.05, 3.63) is 46.4 Å². The second-order valence-electron chi connectivity index (χ2n) is 4.80. The standard InChI is InChI=1S/C14H9Cl2N3O4S/c15-7-1-3-10(16)12(5-7)18-19-13-9-6-8(24(21,22)23)2-4-11(9)17-14(13)20/h1-6,17,20H,(H,21,22,23). The van der Waals surface area contributed by atoms with Gasteiger partial charge in [-0.1, -0.05) is 23.2 Å². The zero-order chi connectivity index (χ0) is 17.5. The third kappa shape index (κ3) is 3.22. The van der Waals surface area contributed by atoms with Crippen LogP contribution in [0.25, 0.3) is 10.9 Å². The highest BCUT2D eigenvalue weighted by Gasteiger charge is 2.16. The quantitative estimate of drug-likeness (QED) is 0.441. The van der Waals surface area contributed by atoms with Crippen LogP contribution in [-0.2, 0) is 10.1 Å². The number of halogens is 2. The molecule has 0 fully saturated rings. The minimum absolute atomic E-state index is 0.00606. The molecule has 10 heteroatoms. The van der Waals surface area contributed by atoms with Crippen molar-refractivity contribution in [3.8, 4) is 5.88 Å². The fraction of sp³-hybridized carbons (Fsp3) is 0.